The summed E-state index contributed by atoms with van der Waals surface area (Å²) in [7, 11) is 0. The number of hydrogen-bond donors (Lipinski definition) is 1. The number of hydrogen-bond acceptors (Lipinski definition) is 3. The first-order valence-electron chi connectivity index (χ1n) is 10.6. The molecule has 3 aromatic rings. The van der Waals surface area contributed by atoms with Gasteiger partial charge in [-0.2, -0.15) is 0 Å². The Balaban J connectivity index is 1.83. The molecule has 4 nitrogen and oxygen atoms in total. The van der Waals surface area contributed by atoms with Crippen molar-refractivity contribution in [3.63, 3.8) is 0 Å². The molecule has 1 aromatic heterocycles. The quantitative estimate of drug-likeness (QED) is 0.583. The zero-order valence-corrected chi connectivity index (χ0v) is 18.8. The predicted molar refractivity (Wildman–Crippen MR) is 123 cm³/mol. The second kappa shape index (κ2) is 9.99. The first kappa shape index (κ1) is 21.5. The van der Waals surface area contributed by atoms with Crippen molar-refractivity contribution in [2.75, 3.05) is 31.1 Å². The predicted octanol–water partition coefficient (Wildman–Crippen LogP) is 3.80. The highest BCUT2D eigenvalue weighted by Crippen LogP contribution is 2.32. The number of likely N-dealkylation sites (N-methyl/N-ethyl adjacent to an activating group) is 1. The monoisotopic (exact) mass is 410 g/mol. The van der Waals surface area contributed by atoms with E-state index in [0.29, 0.717) is 13.0 Å². The van der Waals surface area contributed by atoms with Crippen molar-refractivity contribution in [2.45, 2.75) is 40.5 Å². The smallest absolute Gasteiger partial charge is 0.229 e. The number of amides is 1. The number of quaternary nitrogens is 1. The van der Waals surface area contributed by atoms with Crippen LogP contribution in [0.25, 0.3) is 10.2 Å². The summed E-state index contributed by atoms with van der Waals surface area (Å²) in [6.07, 6.45) is 1.27. The number of carbonyl (C=O) groups is 1. The van der Waals surface area contributed by atoms with Gasteiger partial charge in [-0.05, 0) is 56.9 Å². The number of anilines is 1. The van der Waals surface area contributed by atoms with E-state index >= 15 is 0 Å². The zero-order valence-electron chi connectivity index (χ0n) is 18.0. The van der Waals surface area contributed by atoms with Gasteiger partial charge in [-0.25, -0.2) is 4.98 Å². The summed E-state index contributed by atoms with van der Waals surface area (Å²) >= 11 is 1.64. The molecule has 0 radical (unpaired) electrons. The van der Waals surface area contributed by atoms with Gasteiger partial charge in [-0.3, -0.25) is 9.69 Å². The van der Waals surface area contributed by atoms with E-state index in [2.05, 4.69) is 52.0 Å². The molecule has 29 heavy (non-hydrogen) atoms. The molecule has 1 heterocycles. The van der Waals surface area contributed by atoms with Gasteiger partial charge in [0.05, 0.1) is 36.4 Å². The Bertz CT molecular complexity index is 947. The van der Waals surface area contributed by atoms with Crippen LogP contribution in [-0.4, -0.2) is 37.1 Å². The Kier molecular flexibility index (Phi) is 7.40. The van der Waals surface area contributed by atoms with Crippen LogP contribution < -0.4 is 9.80 Å². The van der Waals surface area contributed by atoms with Crippen LogP contribution in [0.5, 0.6) is 0 Å². The Morgan fingerprint density at radius 2 is 1.83 bits per heavy atom. The van der Waals surface area contributed by atoms with E-state index in [1.54, 1.807) is 11.3 Å². The van der Waals surface area contributed by atoms with Crippen molar-refractivity contribution >= 4 is 32.6 Å². The van der Waals surface area contributed by atoms with Crippen LogP contribution in [0.1, 0.15) is 37.0 Å². The van der Waals surface area contributed by atoms with Crippen molar-refractivity contribution in [1.29, 1.82) is 0 Å². The van der Waals surface area contributed by atoms with Gasteiger partial charge >= 0.3 is 0 Å². The molecule has 0 bridgehead atoms. The second-order valence-corrected chi connectivity index (χ2v) is 8.67. The molecule has 0 saturated heterocycles. The number of aryl methyl sites for hydroxylation is 3. The molecular formula is C24H32N3OS+. The number of nitrogens with zero attached hydrogens (tertiary/aromatic N) is 2. The van der Waals surface area contributed by atoms with Gasteiger partial charge in [-0.1, -0.05) is 47.7 Å². The molecule has 3 rings (SSSR count). The third-order valence-electron chi connectivity index (χ3n) is 5.51. The first-order chi connectivity index (χ1) is 14.0. The fraction of sp³-hybridized carbons (Fsp3) is 0.417. The fourth-order valence-corrected chi connectivity index (χ4v) is 4.89. The highest BCUT2D eigenvalue weighted by molar-refractivity contribution is 7.22. The molecule has 0 aliphatic heterocycles. The average molecular weight is 411 g/mol. The van der Waals surface area contributed by atoms with E-state index < -0.39 is 0 Å². The molecule has 5 heteroatoms. The molecule has 0 aliphatic carbocycles. The Labute approximate surface area is 178 Å². The van der Waals surface area contributed by atoms with Gasteiger partial charge in [0, 0.05) is 6.42 Å². The first-order valence-corrected chi connectivity index (χ1v) is 11.4. The standard InChI is InChI=1S/C24H31N3OS/c1-5-26(6-2)14-15-27(22(28)13-12-20-10-8-7-9-11-20)24-25-23-19(4)16-18(3)17-21(23)29-24/h7-11,16-17H,5-6,12-15H2,1-4H3/p+1. The van der Waals surface area contributed by atoms with Crippen molar-refractivity contribution in [3.05, 3.63) is 59.2 Å². The van der Waals surface area contributed by atoms with E-state index in [0.717, 1.165) is 41.4 Å². The number of rotatable bonds is 9. The SMILES string of the molecule is CC[NH+](CC)CCN(C(=O)CCc1ccccc1)c1nc2c(C)cc(C)cc2s1. The minimum absolute atomic E-state index is 0.161. The molecule has 2 aromatic carbocycles. The minimum Gasteiger partial charge on any atom is -0.334 e. The Hall–Kier alpha value is -2.24. The van der Waals surface area contributed by atoms with Crippen LogP contribution in [0.3, 0.4) is 0 Å². The molecule has 0 saturated carbocycles. The van der Waals surface area contributed by atoms with Crippen LogP contribution in [-0.2, 0) is 11.2 Å². The normalized spacial score (nSPS) is 11.3. The number of nitrogens with one attached hydrogen (secondary N) is 1. The number of benzene rings is 2. The number of aromatic nitrogens is 1. The maximum atomic E-state index is 13.2. The van der Waals surface area contributed by atoms with Crippen LogP contribution in [0.15, 0.2) is 42.5 Å². The Morgan fingerprint density at radius 3 is 2.52 bits per heavy atom. The highest BCUT2D eigenvalue weighted by atomic mass is 32.1. The summed E-state index contributed by atoms with van der Waals surface area (Å²) in [5, 5.41) is 0.832. The van der Waals surface area contributed by atoms with Gasteiger partial charge in [0.25, 0.3) is 0 Å². The van der Waals surface area contributed by atoms with Crippen LogP contribution in [0.2, 0.25) is 0 Å². The van der Waals surface area contributed by atoms with Gasteiger partial charge in [0.1, 0.15) is 0 Å². The van der Waals surface area contributed by atoms with E-state index in [1.165, 1.54) is 21.6 Å². The molecule has 154 valence electrons. The largest absolute Gasteiger partial charge is 0.334 e. The lowest BCUT2D eigenvalue weighted by molar-refractivity contribution is -0.894. The topological polar surface area (TPSA) is 37.6 Å². The van der Waals surface area contributed by atoms with E-state index in [-0.39, 0.29) is 5.91 Å². The van der Waals surface area contributed by atoms with Crippen molar-refractivity contribution in [3.8, 4) is 0 Å². The molecule has 0 aliphatic rings. The third kappa shape index (κ3) is 5.43. The lowest BCUT2D eigenvalue weighted by atomic mass is 10.1. The summed E-state index contributed by atoms with van der Waals surface area (Å²) < 4.78 is 1.16. The molecule has 1 amide bonds. The highest BCUT2D eigenvalue weighted by Gasteiger charge is 2.21. The van der Waals surface area contributed by atoms with Gasteiger partial charge in [-0.15, -0.1) is 0 Å². The van der Waals surface area contributed by atoms with Crippen molar-refractivity contribution in [1.82, 2.24) is 4.98 Å². The summed E-state index contributed by atoms with van der Waals surface area (Å²) in [5.74, 6) is 0.161. The second-order valence-electron chi connectivity index (χ2n) is 7.66. The molecule has 0 unspecified atom stereocenters. The van der Waals surface area contributed by atoms with E-state index in [9.17, 15) is 4.79 Å². The summed E-state index contributed by atoms with van der Waals surface area (Å²) in [6, 6.07) is 14.6. The van der Waals surface area contributed by atoms with Gasteiger partial charge in [0.2, 0.25) is 5.91 Å². The average Bonchev–Trinajstić information content (AvgIpc) is 3.14. The number of carbonyl (C=O) groups excluding carboxylic acids is 1. The zero-order chi connectivity index (χ0) is 20.8. The molecular weight excluding hydrogens is 378 g/mol. The van der Waals surface area contributed by atoms with E-state index in [4.69, 9.17) is 4.98 Å². The lowest BCUT2D eigenvalue weighted by Gasteiger charge is -2.23. The molecule has 0 spiro atoms. The Morgan fingerprint density at radius 1 is 1.10 bits per heavy atom. The maximum absolute atomic E-state index is 13.2. The van der Waals surface area contributed by atoms with Crippen molar-refractivity contribution < 1.29 is 9.69 Å². The summed E-state index contributed by atoms with van der Waals surface area (Å²) in [5.41, 5.74) is 4.63. The molecule has 0 atom stereocenters. The lowest BCUT2D eigenvalue weighted by Crippen LogP contribution is -3.12. The fourth-order valence-electron chi connectivity index (χ4n) is 3.71. The van der Waals surface area contributed by atoms with Crippen LogP contribution in [0.4, 0.5) is 5.13 Å². The molecule has 0 fully saturated rings. The molecule has 1 N–H and O–H groups in total. The summed E-state index contributed by atoms with van der Waals surface area (Å²) in [6.45, 7) is 12.4. The minimum atomic E-state index is 0.161. The van der Waals surface area contributed by atoms with Gasteiger partial charge in [0.15, 0.2) is 5.13 Å². The van der Waals surface area contributed by atoms with Crippen LogP contribution >= 0.6 is 11.3 Å². The van der Waals surface area contributed by atoms with Crippen LogP contribution in [0, 0.1) is 13.8 Å². The van der Waals surface area contributed by atoms with E-state index in [1.807, 2.05) is 23.1 Å². The third-order valence-corrected chi connectivity index (χ3v) is 6.54. The van der Waals surface area contributed by atoms with Crippen molar-refractivity contribution in [2.24, 2.45) is 0 Å². The number of thiazole rings is 1. The number of fused-ring (bicyclic) bond motifs is 1. The maximum Gasteiger partial charge on any atom is 0.229 e. The van der Waals surface area contributed by atoms with Gasteiger partial charge < -0.3 is 4.90 Å². The summed E-state index contributed by atoms with van der Waals surface area (Å²) in [4.78, 5) is 21.5.